The van der Waals surface area contributed by atoms with Crippen LogP contribution in [0.2, 0.25) is 0 Å². The van der Waals surface area contributed by atoms with Crippen LogP contribution in [0, 0.1) is 51.2 Å². The van der Waals surface area contributed by atoms with Gasteiger partial charge in [-0.25, -0.2) is 4.79 Å². The largest absolute Gasteiger partial charge is 0.468 e. The fourth-order valence-corrected chi connectivity index (χ4v) is 13.1. The molecule has 1 aromatic carbocycles. The van der Waals surface area contributed by atoms with Crippen molar-refractivity contribution in [1.82, 2.24) is 5.32 Å². The highest BCUT2D eigenvalue weighted by molar-refractivity contribution is 5.89. The van der Waals surface area contributed by atoms with E-state index in [2.05, 4.69) is 77.7 Å². The van der Waals surface area contributed by atoms with Gasteiger partial charge in [0.1, 0.15) is 5.76 Å². The molecule has 0 amide bonds. The van der Waals surface area contributed by atoms with Gasteiger partial charge in [0.2, 0.25) is 0 Å². The molecule has 46 heavy (non-hydrogen) atoms. The Morgan fingerprint density at radius 2 is 1.70 bits per heavy atom. The van der Waals surface area contributed by atoms with Gasteiger partial charge in [0.25, 0.3) is 0 Å². The Morgan fingerprint density at radius 1 is 0.935 bits per heavy atom. The standard InChI is InChI=1S/C42H57NO3/c1-27(2)31-17-22-42(43-26-30-10-9-25-46-30)24-23-40(6)33(36(31)42)15-16-35-39(5)20-18-32(28-11-13-29(14-12-28)37(44)45-8)38(3,4)34(39)19-21-41(35,40)7/h9-14,18,25,31,33-36,43H,1,15-17,19-24,26H2,2-8H3/t31-,33+,34-,35+,36+,39-,40+,41+,42-/m0/s1. The van der Waals surface area contributed by atoms with Crippen LogP contribution in [0.25, 0.3) is 5.57 Å². The molecule has 5 aliphatic rings. The number of nitrogens with one attached hydrogen (secondary N) is 1. The van der Waals surface area contributed by atoms with Gasteiger partial charge in [0.15, 0.2) is 0 Å². The van der Waals surface area contributed by atoms with Crippen LogP contribution in [0.1, 0.15) is 121 Å². The van der Waals surface area contributed by atoms with Crippen molar-refractivity contribution in [2.45, 2.75) is 111 Å². The van der Waals surface area contributed by atoms with Crippen molar-refractivity contribution in [3.8, 4) is 0 Å². The van der Waals surface area contributed by atoms with Crippen LogP contribution in [0.4, 0.5) is 0 Å². The molecule has 4 fully saturated rings. The molecule has 4 saturated carbocycles. The summed E-state index contributed by atoms with van der Waals surface area (Å²) in [6, 6.07) is 12.3. The second-order valence-electron chi connectivity index (χ2n) is 17.4. The molecular weight excluding hydrogens is 566 g/mol. The molecule has 5 aliphatic carbocycles. The average Bonchev–Trinajstić information content (AvgIpc) is 3.69. The number of rotatable bonds is 6. The van der Waals surface area contributed by atoms with Gasteiger partial charge in [-0.2, -0.15) is 0 Å². The third-order valence-electron chi connectivity index (χ3n) is 15.5. The fraction of sp³-hybridized carbons (Fsp3) is 0.643. The van der Waals surface area contributed by atoms with Crippen molar-refractivity contribution < 1.29 is 13.9 Å². The third kappa shape index (κ3) is 4.44. The number of carbonyl (C=O) groups is 1. The van der Waals surface area contributed by atoms with E-state index in [-0.39, 0.29) is 22.3 Å². The number of hydrogen-bond acceptors (Lipinski definition) is 4. The fourth-order valence-electron chi connectivity index (χ4n) is 13.1. The van der Waals surface area contributed by atoms with Gasteiger partial charge in [-0.15, -0.1) is 0 Å². The molecule has 0 aliphatic heterocycles. The minimum Gasteiger partial charge on any atom is -0.468 e. The summed E-state index contributed by atoms with van der Waals surface area (Å²) in [6.45, 7) is 20.8. The highest BCUT2D eigenvalue weighted by atomic mass is 16.5. The van der Waals surface area contributed by atoms with Crippen LogP contribution >= 0.6 is 0 Å². The topological polar surface area (TPSA) is 51.5 Å². The molecule has 4 nitrogen and oxygen atoms in total. The Labute approximate surface area is 277 Å². The molecule has 4 heteroatoms. The van der Waals surface area contributed by atoms with Crippen LogP contribution in [0.3, 0.4) is 0 Å². The number of methoxy groups -OCH3 is 1. The molecule has 0 saturated heterocycles. The summed E-state index contributed by atoms with van der Waals surface area (Å²) in [6.07, 6.45) is 15.9. The summed E-state index contributed by atoms with van der Waals surface area (Å²) < 4.78 is 10.7. The highest BCUT2D eigenvalue weighted by Gasteiger charge is 2.70. The molecule has 9 atom stereocenters. The summed E-state index contributed by atoms with van der Waals surface area (Å²) in [4.78, 5) is 12.1. The summed E-state index contributed by atoms with van der Waals surface area (Å²) in [5, 5.41) is 4.15. The number of carbonyl (C=O) groups excluding carboxylic acids is 1. The Kier molecular flexibility index (Phi) is 7.63. The van der Waals surface area contributed by atoms with E-state index in [0.29, 0.717) is 46.0 Å². The molecule has 7 rings (SSSR count). The monoisotopic (exact) mass is 623 g/mol. The van der Waals surface area contributed by atoms with Crippen LogP contribution < -0.4 is 5.32 Å². The molecule has 0 radical (unpaired) electrons. The lowest BCUT2D eigenvalue weighted by atomic mass is 9.33. The van der Waals surface area contributed by atoms with Gasteiger partial charge < -0.3 is 14.5 Å². The number of benzene rings is 1. The van der Waals surface area contributed by atoms with Crippen LogP contribution in [0.5, 0.6) is 0 Å². The van der Waals surface area contributed by atoms with Crippen molar-refractivity contribution in [1.29, 1.82) is 0 Å². The molecule has 0 bridgehead atoms. The zero-order chi connectivity index (χ0) is 32.7. The average molecular weight is 624 g/mol. The SMILES string of the molecule is C=C(C)[C@@H]1CC[C@]2(NCc3ccco3)CC[C@]3(C)[C@H](CC[C@@H]4[C@@]5(C)CC=C(c6ccc(C(=O)OC)cc6)C(C)(C)[C@@H]5CC[C@]43C)[C@@H]12. The van der Waals surface area contributed by atoms with Crippen LogP contribution in [0.15, 0.2) is 65.3 Å². The molecule has 1 N–H and O–H groups in total. The maximum Gasteiger partial charge on any atom is 0.337 e. The molecular formula is C42H57NO3. The van der Waals surface area contributed by atoms with Gasteiger partial charge in [0, 0.05) is 5.54 Å². The lowest BCUT2D eigenvalue weighted by Crippen LogP contribution is -2.67. The van der Waals surface area contributed by atoms with Crippen molar-refractivity contribution in [2.24, 2.45) is 51.2 Å². The van der Waals surface area contributed by atoms with E-state index >= 15 is 0 Å². The molecule has 1 heterocycles. The van der Waals surface area contributed by atoms with Gasteiger partial charge in [-0.05, 0) is 151 Å². The van der Waals surface area contributed by atoms with Gasteiger partial charge in [-0.3, -0.25) is 0 Å². The number of allylic oxidation sites excluding steroid dienone is 3. The van der Waals surface area contributed by atoms with Gasteiger partial charge in [0.05, 0.1) is 25.5 Å². The van der Waals surface area contributed by atoms with Gasteiger partial charge >= 0.3 is 5.97 Å². The van der Waals surface area contributed by atoms with Crippen molar-refractivity contribution >= 4 is 11.5 Å². The first kappa shape index (κ1) is 32.0. The molecule has 0 spiro atoms. The first-order valence-corrected chi connectivity index (χ1v) is 18.1. The van der Waals surface area contributed by atoms with Gasteiger partial charge in [-0.1, -0.05) is 65.0 Å². The summed E-state index contributed by atoms with van der Waals surface area (Å²) in [5.74, 6) is 4.08. The number of ether oxygens (including phenoxy) is 1. The Hall–Kier alpha value is -2.59. The summed E-state index contributed by atoms with van der Waals surface area (Å²) in [5.41, 5.74) is 5.87. The van der Waals surface area contributed by atoms with E-state index in [1.54, 1.807) is 6.26 Å². The van der Waals surface area contributed by atoms with E-state index in [0.717, 1.165) is 18.7 Å². The predicted molar refractivity (Wildman–Crippen MR) is 186 cm³/mol. The first-order valence-electron chi connectivity index (χ1n) is 18.1. The maximum atomic E-state index is 12.1. The normalized spacial score (nSPS) is 40.9. The molecule has 0 unspecified atom stereocenters. The van der Waals surface area contributed by atoms with E-state index in [9.17, 15) is 4.79 Å². The van der Waals surface area contributed by atoms with Crippen molar-refractivity contribution in [3.63, 3.8) is 0 Å². The van der Waals surface area contributed by atoms with E-state index in [1.165, 1.54) is 75.2 Å². The Bertz CT molecular complexity index is 1520. The van der Waals surface area contributed by atoms with E-state index in [4.69, 9.17) is 9.15 Å². The third-order valence-corrected chi connectivity index (χ3v) is 15.5. The Balaban J connectivity index is 1.20. The van der Waals surface area contributed by atoms with Crippen LogP contribution in [-0.2, 0) is 11.3 Å². The number of fused-ring (bicyclic) bond motifs is 7. The zero-order valence-electron chi connectivity index (χ0n) is 29.5. The number of esters is 1. The minimum absolute atomic E-state index is 0.0624. The number of furan rings is 1. The minimum atomic E-state index is -0.271. The quantitative estimate of drug-likeness (QED) is 0.257. The lowest BCUT2D eigenvalue weighted by molar-refractivity contribution is -0.219. The van der Waals surface area contributed by atoms with Crippen molar-refractivity contribution in [3.05, 3.63) is 77.8 Å². The predicted octanol–water partition coefficient (Wildman–Crippen LogP) is 10.3. The number of hydrogen-bond donors (Lipinski definition) is 1. The second kappa shape index (κ2) is 11.0. The maximum absolute atomic E-state index is 12.1. The second-order valence-corrected chi connectivity index (χ2v) is 17.4. The smallest absolute Gasteiger partial charge is 0.337 e. The zero-order valence-corrected chi connectivity index (χ0v) is 29.5. The Morgan fingerprint density at radius 3 is 2.37 bits per heavy atom. The highest BCUT2D eigenvalue weighted by Crippen LogP contribution is 2.76. The lowest BCUT2D eigenvalue weighted by Gasteiger charge is -2.72. The van der Waals surface area contributed by atoms with E-state index < -0.39 is 0 Å². The summed E-state index contributed by atoms with van der Waals surface area (Å²) in [7, 11) is 1.45. The van der Waals surface area contributed by atoms with E-state index in [1.807, 2.05) is 18.2 Å². The molecule has 1 aromatic heterocycles. The first-order chi connectivity index (χ1) is 21.8. The van der Waals surface area contributed by atoms with Crippen molar-refractivity contribution in [2.75, 3.05) is 7.11 Å². The summed E-state index contributed by atoms with van der Waals surface area (Å²) >= 11 is 0. The molecule has 2 aromatic rings. The van der Waals surface area contributed by atoms with Crippen LogP contribution in [-0.4, -0.2) is 18.6 Å². The molecule has 248 valence electrons.